The molecule has 6 heterocycles. The molecule has 0 unspecified atom stereocenters. The molecule has 6 saturated heterocycles. The second kappa shape index (κ2) is 11.5. The predicted octanol–water partition coefficient (Wildman–Crippen LogP) is 0.310. The zero-order valence-corrected chi connectivity index (χ0v) is 24.9. The first-order chi connectivity index (χ1) is 19.8. The Morgan fingerprint density at radius 3 is 1.57 bits per heavy atom. The molecule has 0 bridgehead atoms. The van der Waals surface area contributed by atoms with E-state index in [1.54, 1.807) is 19.9 Å². The first-order valence-corrected chi connectivity index (χ1v) is 14.6. The summed E-state index contributed by atoms with van der Waals surface area (Å²) >= 11 is 0. The Bertz CT molecular complexity index is 974. The SMILES string of the molecule is C=CCO[C@@H]1[C@H]2OC(C)(C)O[C@H]2O[C@@H]1CO[C@@H]1[C@H]2OC(C)(C)O[C@H]2O[C@@H]1CO[C@@H]1[C@H]2OC(C)(C)O[C@H]2O[C@@H]1[C@H](O)CO. The van der Waals surface area contributed by atoms with E-state index in [9.17, 15) is 10.2 Å². The fourth-order valence-electron chi connectivity index (χ4n) is 6.46. The van der Waals surface area contributed by atoms with Crippen molar-refractivity contribution in [2.24, 2.45) is 0 Å². The topological polar surface area (TPSA) is 151 Å². The van der Waals surface area contributed by atoms with E-state index in [1.807, 2.05) is 27.7 Å². The van der Waals surface area contributed by atoms with Crippen molar-refractivity contribution >= 4 is 0 Å². The van der Waals surface area contributed by atoms with Crippen molar-refractivity contribution in [3.8, 4) is 0 Å². The summed E-state index contributed by atoms with van der Waals surface area (Å²) < 4.78 is 73.0. The maximum atomic E-state index is 10.4. The van der Waals surface area contributed by atoms with Crippen LogP contribution in [0, 0.1) is 0 Å². The molecule has 0 spiro atoms. The van der Waals surface area contributed by atoms with Crippen LogP contribution in [0.25, 0.3) is 0 Å². The second-order valence-electron chi connectivity index (χ2n) is 12.8. The Labute approximate surface area is 245 Å². The largest absolute Gasteiger partial charge is 0.394 e. The van der Waals surface area contributed by atoms with Gasteiger partial charge in [-0.15, -0.1) is 6.58 Å². The quantitative estimate of drug-likeness (QED) is 0.311. The molecule has 13 atom stereocenters. The van der Waals surface area contributed by atoms with Gasteiger partial charge in [0.1, 0.15) is 61.0 Å². The summed E-state index contributed by atoms with van der Waals surface area (Å²) in [6.07, 6.45) is -6.90. The average Bonchev–Trinajstić information content (AvgIpc) is 3.68. The second-order valence-corrected chi connectivity index (χ2v) is 12.8. The van der Waals surface area contributed by atoms with Crippen LogP contribution in [0.4, 0.5) is 0 Å². The maximum absolute atomic E-state index is 10.4. The molecule has 6 rings (SSSR count). The molecule has 2 N–H and O–H groups in total. The Balaban J connectivity index is 1.14. The molecule has 0 aromatic rings. The van der Waals surface area contributed by atoms with Crippen LogP contribution in [0.1, 0.15) is 41.5 Å². The molecule has 6 aliphatic heterocycles. The number of aliphatic hydroxyl groups is 2. The normalized spacial score (nSPS) is 47.0. The third-order valence-electron chi connectivity index (χ3n) is 8.08. The van der Waals surface area contributed by atoms with E-state index in [1.165, 1.54) is 0 Å². The summed E-state index contributed by atoms with van der Waals surface area (Å²) in [5.41, 5.74) is 0. The fraction of sp³-hybridized carbons (Fsp3) is 0.929. The third kappa shape index (κ3) is 6.05. The lowest BCUT2D eigenvalue weighted by molar-refractivity contribution is -0.245. The van der Waals surface area contributed by atoms with Crippen LogP contribution in [0.3, 0.4) is 0 Å². The van der Waals surface area contributed by atoms with E-state index in [-0.39, 0.29) is 13.2 Å². The molecule has 0 amide bonds. The number of hydrogen-bond acceptors (Lipinski definition) is 14. The molecule has 14 heteroatoms. The van der Waals surface area contributed by atoms with Crippen molar-refractivity contribution in [2.45, 2.75) is 139 Å². The van der Waals surface area contributed by atoms with E-state index >= 15 is 0 Å². The standard InChI is InChI=1S/C28H44O14/c1-8-9-31-17-14(34-23-20(17)37-26(2,3)40-23)11-32-18-15(35-24-21(18)38-27(4,5)41-24)12-33-19-16(13(30)10-29)36-25-22(19)39-28(6,7)42-25/h8,13-25,29-30H,1,9-12H2,2-7H3/t13-,14-,15-,16-,17+,18+,19+,20-,21-,22-,23-,24-,25-/m1/s1. The van der Waals surface area contributed by atoms with Crippen LogP contribution in [0.15, 0.2) is 12.7 Å². The summed E-state index contributed by atoms with van der Waals surface area (Å²) in [7, 11) is 0. The minimum atomic E-state index is -1.19. The Kier molecular flexibility index (Phi) is 8.55. The van der Waals surface area contributed by atoms with Gasteiger partial charge >= 0.3 is 0 Å². The molecule has 240 valence electrons. The number of rotatable bonds is 11. The van der Waals surface area contributed by atoms with Gasteiger partial charge in [-0.2, -0.15) is 0 Å². The lowest BCUT2D eigenvalue weighted by Crippen LogP contribution is -2.47. The third-order valence-corrected chi connectivity index (χ3v) is 8.08. The summed E-state index contributed by atoms with van der Waals surface area (Å²) in [5, 5.41) is 20.0. The van der Waals surface area contributed by atoms with Crippen molar-refractivity contribution in [3.05, 3.63) is 12.7 Å². The number of ether oxygens (including phenoxy) is 12. The van der Waals surface area contributed by atoms with Crippen molar-refractivity contribution < 1.29 is 67.1 Å². The van der Waals surface area contributed by atoms with E-state index in [2.05, 4.69) is 6.58 Å². The van der Waals surface area contributed by atoms with Crippen LogP contribution in [0.5, 0.6) is 0 Å². The Hall–Kier alpha value is -0.820. The summed E-state index contributed by atoms with van der Waals surface area (Å²) in [4.78, 5) is 0. The molecule has 42 heavy (non-hydrogen) atoms. The van der Waals surface area contributed by atoms with Gasteiger partial charge in [-0.3, -0.25) is 0 Å². The van der Waals surface area contributed by atoms with Gasteiger partial charge < -0.3 is 67.1 Å². The predicted molar refractivity (Wildman–Crippen MR) is 139 cm³/mol. The lowest BCUT2D eigenvalue weighted by Gasteiger charge is -2.31. The molecule has 0 aliphatic carbocycles. The monoisotopic (exact) mass is 604 g/mol. The van der Waals surface area contributed by atoms with Crippen molar-refractivity contribution in [3.63, 3.8) is 0 Å². The van der Waals surface area contributed by atoms with E-state index in [4.69, 9.17) is 56.8 Å². The molecule has 0 saturated carbocycles. The van der Waals surface area contributed by atoms with Crippen LogP contribution in [-0.4, -0.2) is 134 Å². The number of hydrogen-bond donors (Lipinski definition) is 2. The van der Waals surface area contributed by atoms with E-state index in [0.717, 1.165) is 0 Å². The molecular weight excluding hydrogens is 560 g/mol. The van der Waals surface area contributed by atoms with Crippen LogP contribution in [-0.2, 0) is 56.8 Å². The van der Waals surface area contributed by atoms with Crippen molar-refractivity contribution in [2.75, 3.05) is 26.4 Å². The molecule has 0 aromatic carbocycles. The lowest BCUT2D eigenvalue weighted by atomic mass is 10.1. The highest BCUT2D eigenvalue weighted by Crippen LogP contribution is 2.43. The minimum absolute atomic E-state index is 0.0358. The van der Waals surface area contributed by atoms with E-state index in [0.29, 0.717) is 6.61 Å². The van der Waals surface area contributed by atoms with Gasteiger partial charge in [0.25, 0.3) is 0 Å². The smallest absolute Gasteiger partial charge is 0.190 e. The molecule has 0 radical (unpaired) electrons. The number of fused-ring (bicyclic) bond motifs is 3. The van der Waals surface area contributed by atoms with Gasteiger partial charge in [0.15, 0.2) is 36.2 Å². The highest BCUT2D eigenvalue weighted by Gasteiger charge is 2.60. The fourth-order valence-corrected chi connectivity index (χ4v) is 6.46. The van der Waals surface area contributed by atoms with Crippen molar-refractivity contribution in [1.29, 1.82) is 0 Å². The van der Waals surface area contributed by atoms with Crippen LogP contribution >= 0.6 is 0 Å². The van der Waals surface area contributed by atoms with Gasteiger partial charge in [0.05, 0.1) is 26.4 Å². The molecule has 6 fully saturated rings. The van der Waals surface area contributed by atoms with Crippen molar-refractivity contribution in [1.82, 2.24) is 0 Å². The van der Waals surface area contributed by atoms with Gasteiger partial charge in [-0.05, 0) is 41.5 Å². The summed E-state index contributed by atoms with van der Waals surface area (Å²) in [6, 6.07) is 0. The molecule has 6 aliphatic rings. The minimum Gasteiger partial charge on any atom is -0.394 e. The maximum Gasteiger partial charge on any atom is 0.190 e. The first kappa shape index (κ1) is 31.2. The van der Waals surface area contributed by atoms with Gasteiger partial charge in [-0.25, -0.2) is 0 Å². The molecule has 14 nitrogen and oxygen atoms in total. The van der Waals surface area contributed by atoms with Gasteiger partial charge in [0.2, 0.25) is 0 Å². The Morgan fingerprint density at radius 2 is 1.10 bits per heavy atom. The van der Waals surface area contributed by atoms with Gasteiger partial charge in [-0.1, -0.05) is 6.08 Å². The van der Waals surface area contributed by atoms with E-state index < -0.39 is 104 Å². The highest BCUT2D eigenvalue weighted by atomic mass is 16.9. The first-order valence-electron chi connectivity index (χ1n) is 14.6. The van der Waals surface area contributed by atoms with Gasteiger partial charge in [0, 0.05) is 0 Å². The van der Waals surface area contributed by atoms with Crippen LogP contribution in [0.2, 0.25) is 0 Å². The highest BCUT2D eigenvalue weighted by molar-refractivity contribution is 5.00. The molecular formula is C28H44O14. The zero-order valence-electron chi connectivity index (χ0n) is 24.9. The summed E-state index contributed by atoms with van der Waals surface area (Å²) in [5.74, 6) is -2.55. The molecule has 0 aromatic heterocycles. The zero-order chi connectivity index (χ0) is 30.0. The average molecular weight is 605 g/mol. The Morgan fingerprint density at radius 1 is 0.667 bits per heavy atom. The summed E-state index contributed by atoms with van der Waals surface area (Å²) in [6.45, 7) is 14.5. The van der Waals surface area contributed by atoms with Crippen LogP contribution < -0.4 is 0 Å². The number of aliphatic hydroxyl groups excluding tert-OH is 2.